The van der Waals surface area contributed by atoms with Crippen molar-refractivity contribution in [2.45, 2.75) is 44.4 Å². The molecule has 1 aliphatic rings. The zero-order valence-corrected chi connectivity index (χ0v) is 14.2. The molecule has 21 heavy (non-hydrogen) atoms. The Morgan fingerprint density at radius 2 is 2.05 bits per heavy atom. The molecule has 1 saturated heterocycles. The van der Waals surface area contributed by atoms with Crippen molar-refractivity contribution in [3.05, 3.63) is 17.9 Å². The molecule has 120 valence electrons. The fourth-order valence-corrected chi connectivity index (χ4v) is 4.54. The van der Waals surface area contributed by atoms with Gasteiger partial charge in [-0.2, -0.15) is 11.8 Å². The molecule has 0 aliphatic carbocycles. The van der Waals surface area contributed by atoms with Crippen LogP contribution in [0.2, 0.25) is 0 Å². The van der Waals surface area contributed by atoms with Crippen LogP contribution in [0.4, 0.5) is 0 Å². The van der Waals surface area contributed by atoms with Crippen molar-refractivity contribution in [2.24, 2.45) is 5.92 Å². The van der Waals surface area contributed by atoms with Gasteiger partial charge in [-0.3, -0.25) is 0 Å². The summed E-state index contributed by atoms with van der Waals surface area (Å²) in [4.78, 5) is 0. The third-order valence-electron chi connectivity index (χ3n) is 3.30. The molecule has 1 fully saturated rings. The Morgan fingerprint density at radius 1 is 1.33 bits per heavy atom. The molecule has 0 unspecified atom stereocenters. The molecule has 0 radical (unpaired) electrons. The van der Waals surface area contributed by atoms with Crippen LogP contribution in [0.25, 0.3) is 0 Å². The largest absolute Gasteiger partial charge is 0.447 e. The summed E-state index contributed by atoms with van der Waals surface area (Å²) < 4.78 is 32.7. The van der Waals surface area contributed by atoms with Gasteiger partial charge in [-0.25, -0.2) is 13.1 Å². The lowest BCUT2D eigenvalue weighted by atomic mass is 10.2. The maximum absolute atomic E-state index is 12.3. The summed E-state index contributed by atoms with van der Waals surface area (Å²) in [6, 6.07) is 3.29. The summed E-state index contributed by atoms with van der Waals surface area (Å²) in [5.41, 5.74) is 0. The van der Waals surface area contributed by atoms with Crippen molar-refractivity contribution in [1.29, 1.82) is 0 Å². The third-order valence-corrected chi connectivity index (χ3v) is 5.74. The number of hydrogen-bond donors (Lipinski definition) is 2. The molecule has 2 rings (SSSR count). The third kappa shape index (κ3) is 5.32. The fourth-order valence-electron chi connectivity index (χ4n) is 2.17. The summed E-state index contributed by atoms with van der Waals surface area (Å²) in [7, 11) is -3.53. The molecule has 2 N–H and O–H groups in total. The first-order valence-corrected chi connectivity index (χ1v) is 10.0. The second kappa shape index (κ2) is 7.67. The molecule has 1 aromatic heterocycles. The van der Waals surface area contributed by atoms with Gasteiger partial charge in [0.1, 0.15) is 5.76 Å². The second-order valence-electron chi connectivity index (χ2n) is 5.75. The molecular formula is C14H24N2O3S2. The monoisotopic (exact) mass is 332 g/mol. The van der Waals surface area contributed by atoms with Crippen molar-refractivity contribution in [1.82, 2.24) is 10.0 Å². The molecule has 0 atom stereocenters. The van der Waals surface area contributed by atoms with Gasteiger partial charge in [0.2, 0.25) is 5.09 Å². The van der Waals surface area contributed by atoms with E-state index in [1.54, 1.807) is 6.07 Å². The zero-order valence-electron chi connectivity index (χ0n) is 12.6. The van der Waals surface area contributed by atoms with Gasteiger partial charge in [0.25, 0.3) is 10.0 Å². The van der Waals surface area contributed by atoms with Crippen molar-refractivity contribution in [3.8, 4) is 0 Å². The van der Waals surface area contributed by atoms with Crippen LogP contribution < -0.4 is 10.0 Å². The van der Waals surface area contributed by atoms with Crippen LogP contribution in [-0.4, -0.2) is 32.5 Å². The molecule has 7 heteroatoms. The molecule has 0 spiro atoms. The minimum atomic E-state index is -3.53. The van der Waals surface area contributed by atoms with Crippen LogP contribution in [0.5, 0.6) is 0 Å². The molecule has 1 aromatic rings. The molecule has 5 nitrogen and oxygen atoms in total. The lowest BCUT2D eigenvalue weighted by Crippen LogP contribution is -2.37. The quantitative estimate of drug-likeness (QED) is 0.801. The Hall–Kier alpha value is -0.500. The maximum Gasteiger partial charge on any atom is 0.274 e. The molecular weight excluding hydrogens is 308 g/mol. The van der Waals surface area contributed by atoms with Crippen LogP contribution in [0.3, 0.4) is 0 Å². The molecule has 2 heterocycles. The van der Waals surface area contributed by atoms with Crippen LogP contribution in [0, 0.1) is 5.92 Å². The van der Waals surface area contributed by atoms with Crippen molar-refractivity contribution in [3.63, 3.8) is 0 Å². The predicted octanol–water partition coefficient (Wildman–Crippen LogP) is 2.20. The van der Waals surface area contributed by atoms with Crippen LogP contribution in [-0.2, 0) is 16.6 Å². The Morgan fingerprint density at radius 3 is 2.71 bits per heavy atom. The Labute approximate surface area is 131 Å². The number of rotatable bonds is 7. The highest BCUT2D eigenvalue weighted by Gasteiger charge is 2.24. The van der Waals surface area contributed by atoms with Gasteiger partial charge in [0, 0.05) is 6.04 Å². The van der Waals surface area contributed by atoms with E-state index in [4.69, 9.17) is 4.42 Å². The number of nitrogens with one attached hydrogen (secondary N) is 2. The van der Waals surface area contributed by atoms with Gasteiger partial charge in [0.05, 0.1) is 6.54 Å². The van der Waals surface area contributed by atoms with E-state index < -0.39 is 10.0 Å². The Kier molecular flexibility index (Phi) is 6.16. The SMILES string of the molecule is CC(C)CNCc1ccc(S(=O)(=O)NC2CCSCC2)o1. The van der Waals surface area contributed by atoms with E-state index in [1.807, 2.05) is 11.8 Å². The van der Waals surface area contributed by atoms with Crippen molar-refractivity contribution >= 4 is 21.8 Å². The number of thioether (sulfide) groups is 1. The van der Waals surface area contributed by atoms with Gasteiger partial charge >= 0.3 is 0 Å². The Balaban J connectivity index is 1.92. The van der Waals surface area contributed by atoms with E-state index in [9.17, 15) is 8.42 Å². The van der Waals surface area contributed by atoms with Gasteiger partial charge in [-0.1, -0.05) is 13.8 Å². The average Bonchev–Trinajstić information content (AvgIpc) is 2.88. The normalized spacial score (nSPS) is 17.5. The summed E-state index contributed by atoms with van der Waals surface area (Å²) in [5, 5.41) is 3.25. The maximum atomic E-state index is 12.3. The first-order valence-electron chi connectivity index (χ1n) is 7.37. The van der Waals surface area contributed by atoms with Crippen LogP contribution in [0.15, 0.2) is 21.6 Å². The molecule has 0 aromatic carbocycles. The standard InChI is InChI=1S/C14H24N2O3S2/c1-11(2)9-15-10-13-3-4-14(19-13)21(17,18)16-12-5-7-20-8-6-12/h3-4,11-12,15-16H,5-10H2,1-2H3. The topological polar surface area (TPSA) is 71.3 Å². The summed E-state index contributed by atoms with van der Waals surface area (Å²) in [5.74, 6) is 3.22. The van der Waals surface area contributed by atoms with Gasteiger partial charge in [0.15, 0.2) is 0 Å². The second-order valence-corrected chi connectivity index (χ2v) is 8.62. The first kappa shape index (κ1) is 16.9. The summed E-state index contributed by atoms with van der Waals surface area (Å²) >= 11 is 1.87. The van der Waals surface area contributed by atoms with Gasteiger partial charge < -0.3 is 9.73 Å². The highest BCUT2D eigenvalue weighted by Crippen LogP contribution is 2.20. The van der Waals surface area contributed by atoms with E-state index in [-0.39, 0.29) is 11.1 Å². The van der Waals surface area contributed by atoms with E-state index in [0.29, 0.717) is 18.2 Å². The van der Waals surface area contributed by atoms with E-state index in [0.717, 1.165) is 30.9 Å². The van der Waals surface area contributed by atoms with Crippen LogP contribution >= 0.6 is 11.8 Å². The van der Waals surface area contributed by atoms with Gasteiger partial charge in [-0.05, 0) is 48.9 Å². The number of furan rings is 1. The summed E-state index contributed by atoms with van der Waals surface area (Å²) in [6.07, 6.45) is 1.76. The minimum Gasteiger partial charge on any atom is -0.447 e. The molecule has 1 aliphatic heterocycles. The highest BCUT2D eigenvalue weighted by atomic mass is 32.2. The minimum absolute atomic E-state index is 0.0158. The smallest absolute Gasteiger partial charge is 0.274 e. The van der Waals surface area contributed by atoms with E-state index in [1.165, 1.54) is 6.07 Å². The van der Waals surface area contributed by atoms with Gasteiger partial charge in [-0.15, -0.1) is 0 Å². The number of sulfonamides is 1. The zero-order chi connectivity index (χ0) is 15.3. The highest BCUT2D eigenvalue weighted by molar-refractivity contribution is 7.99. The fraction of sp³-hybridized carbons (Fsp3) is 0.714. The lowest BCUT2D eigenvalue weighted by molar-refractivity contribution is 0.391. The lowest BCUT2D eigenvalue weighted by Gasteiger charge is -2.21. The number of hydrogen-bond acceptors (Lipinski definition) is 5. The van der Waals surface area contributed by atoms with Crippen molar-refractivity contribution in [2.75, 3.05) is 18.1 Å². The van der Waals surface area contributed by atoms with Crippen molar-refractivity contribution < 1.29 is 12.8 Å². The summed E-state index contributed by atoms with van der Waals surface area (Å²) in [6.45, 7) is 5.67. The Bertz CT molecular complexity index is 534. The van der Waals surface area contributed by atoms with E-state index >= 15 is 0 Å². The van der Waals surface area contributed by atoms with Crippen LogP contribution in [0.1, 0.15) is 32.4 Å². The molecule has 0 amide bonds. The first-order chi connectivity index (χ1) is 9.97. The molecule has 0 bridgehead atoms. The van der Waals surface area contributed by atoms with E-state index in [2.05, 4.69) is 23.9 Å². The predicted molar refractivity (Wildman–Crippen MR) is 85.9 cm³/mol. The average molecular weight is 332 g/mol. The molecule has 0 saturated carbocycles.